The van der Waals surface area contributed by atoms with Crippen molar-refractivity contribution < 1.29 is 14.7 Å². The standard InChI is InChI=1S/C14H19N3O3/c1-9-6-11(10(7-16-9)12(18)19)17-5-4-14(2,8-17)13(20)15-3/h6-7H,4-5,8H2,1-3H3,(H,15,20)(H,18,19). The van der Waals surface area contributed by atoms with Crippen LogP contribution in [0, 0.1) is 12.3 Å². The topological polar surface area (TPSA) is 82.5 Å². The number of aromatic carboxylic acids is 1. The van der Waals surface area contributed by atoms with Gasteiger partial charge in [0.1, 0.15) is 5.56 Å². The second kappa shape index (κ2) is 5.11. The number of aryl methyl sites for hydroxylation is 1. The first-order valence-corrected chi connectivity index (χ1v) is 6.54. The first-order chi connectivity index (χ1) is 9.37. The zero-order valence-electron chi connectivity index (χ0n) is 11.9. The highest BCUT2D eigenvalue weighted by Gasteiger charge is 2.40. The molecule has 1 saturated heterocycles. The van der Waals surface area contributed by atoms with Crippen LogP contribution in [0.3, 0.4) is 0 Å². The molecular formula is C14H19N3O3. The van der Waals surface area contributed by atoms with Gasteiger partial charge in [-0.15, -0.1) is 0 Å². The maximum Gasteiger partial charge on any atom is 0.339 e. The van der Waals surface area contributed by atoms with Gasteiger partial charge in [-0.25, -0.2) is 4.79 Å². The van der Waals surface area contributed by atoms with Gasteiger partial charge in [-0.1, -0.05) is 0 Å². The van der Waals surface area contributed by atoms with E-state index < -0.39 is 11.4 Å². The molecule has 1 unspecified atom stereocenters. The van der Waals surface area contributed by atoms with E-state index in [0.717, 1.165) is 5.69 Å². The molecule has 20 heavy (non-hydrogen) atoms. The Morgan fingerprint density at radius 3 is 2.80 bits per heavy atom. The highest BCUT2D eigenvalue weighted by Crippen LogP contribution is 2.35. The van der Waals surface area contributed by atoms with Crippen molar-refractivity contribution >= 4 is 17.6 Å². The third kappa shape index (κ3) is 2.45. The predicted octanol–water partition coefficient (Wildman–Crippen LogP) is 1.05. The van der Waals surface area contributed by atoms with E-state index >= 15 is 0 Å². The largest absolute Gasteiger partial charge is 0.478 e. The number of rotatable bonds is 3. The number of hydrogen-bond acceptors (Lipinski definition) is 4. The molecule has 6 heteroatoms. The quantitative estimate of drug-likeness (QED) is 0.863. The summed E-state index contributed by atoms with van der Waals surface area (Å²) in [6.45, 7) is 4.90. The molecule has 0 bridgehead atoms. The molecule has 1 atom stereocenters. The van der Waals surface area contributed by atoms with E-state index in [1.165, 1.54) is 6.20 Å². The van der Waals surface area contributed by atoms with Gasteiger partial charge in [-0.3, -0.25) is 9.78 Å². The molecule has 1 fully saturated rings. The van der Waals surface area contributed by atoms with Crippen molar-refractivity contribution in [1.29, 1.82) is 0 Å². The first-order valence-electron chi connectivity index (χ1n) is 6.54. The average Bonchev–Trinajstić information content (AvgIpc) is 2.81. The summed E-state index contributed by atoms with van der Waals surface area (Å²) in [5.74, 6) is -1.01. The Morgan fingerprint density at radius 1 is 1.50 bits per heavy atom. The van der Waals surface area contributed by atoms with Gasteiger partial charge in [0.25, 0.3) is 0 Å². The van der Waals surface area contributed by atoms with Crippen molar-refractivity contribution in [2.75, 3.05) is 25.0 Å². The molecule has 0 aliphatic carbocycles. The molecule has 0 spiro atoms. The summed E-state index contributed by atoms with van der Waals surface area (Å²) < 4.78 is 0. The van der Waals surface area contributed by atoms with Crippen LogP contribution in [-0.2, 0) is 4.79 Å². The van der Waals surface area contributed by atoms with E-state index in [1.54, 1.807) is 13.1 Å². The molecule has 1 aromatic heterocycles. The minimum atomic E-state index is -0.999. The second-order valence-electron chi connectivity index (χ2n) is 5.46. The fourth-order valence-electron chi connectivity index (χ4n) is 2.63. The van der Waals surface area contributed by atoms with E-state index in [4.69, 9.17) is 0 Å². The molecule has 2 N–H and O–H groups in total. The number of carbonyl (C=O) groups is 2. The van der Waals surface area contributed by atoms with Crippen LogP contribution in [0.15, 0.2) is 12.3 Å². The Morgan fingerprint density at radius 2 is 2.20 bits per heavy atom. The zero-order chi connectivity index (χ0) is 14.9. The number of carboxylic acids is 1. The van der Waals surface area contributed by atoms with Crippen LogP contribution in [-0.4, -0.2) is 42.1 Å². The maximum absolute atomic E-state index is 11.9. The Balaban J connectivity index is 2.33. The van der Waals surface area contributed by atoms with E-state index in [2.05, 4.69) is 10.3 Å². The third-order valence-corrected chi connectivity index (χ3v) is 3.84. The van der Waals surface area contributed by atoms with Crippen LogP contribution in [0.25, 0.3) is 0 Å². The molecule has 1 aliphatic heterocycles. The molecule has 6 nitrogen and oxygen atoms in total. The lowest BCUT2D eigenvalue weighted by atomic mass is 9.89. The van der Waals surface area contributed by atoms with Crippen LogP contribution in [0.5, 0.6) is 0 Å². The van der Waals surface area contributed by atoms with E-state index in [-0.39, 0.29) is 11.5 Å². The summed E-state index contributed by atoms with van der Waals surface area (Å²) in [5.41, 5.74) is 1.09. The summed E-state index contributed by atoms with van der Waals surface area (Å²) in [4.78, 5) is 29.2. The van der Waals surface area contributed by atoms with E-state index in [0.29, 0.717) is 25.2 Å². The number of pyridine rings is 1. The van der Waals surface area contributed by atoms with Gasteiger partial charge < -0.3 is 15.3 Å². The Hall–Kier alpha value is -2.11. The van der Waals surface area contributed by atoms with Gasteiger partial charge in [0.05, 0.1) is 11.1 Å². The normalized spacial score (nSPS) is 21.9. The lowest BCUT2D eigenvalue weighted by Crippen LogP contribution is -2.39. The van der Waals surface area contributed by atoms with Crippen LogP contribution in [0.2, 0.25) is 0 Å². The Labute approximate surface area is 117 Å². The molecule has 0 radical (unpaired) electrons. The van der Waals surface area contributed by atoms with Crippen molar-refractivity contribution in [3.05, 3.63) is 23.5 Å². The summed E-state index contributed by atoms with van der Waals surface area (Å²) in [6.07, 6.45) is 2.08. The van der Waals surface area contributed by atoms with Gasteiger partial charge in [-0.05, 0) is 26.3 Å². The summed E-state index contributed by atoms with van der Waals surface area (Å²) in [7, 11) is 1.62. The van der Waals surface area contributed by atoms with Crippen LogP contribution in [0.4, 0.5) is 5.69 Å². The minimum Gasteiger partial charge on any atom is -0.478 e. The monoisotopic (exact) mass is 277 g/mol. The van der Waals surface area contributed by atoms with Crippen LogP contribution < -0.4 is 10.2 Å². The van der Waals surface area contributed by atoms with E-state index in [9.17, 15) is 14.7 Å². The molecule has 0 aromatic carbocycles. The highest BCUT2D eigenvalue weighted by molar-refractivity contribution is 5.94. The van der Waals surface area contributed by atoms with Gasteiger partial charge in [0.15, 0.2) is 0 Å². The number of carboxylic acid groups (broad SMARTS) is 1. The molecule has 1 aromatic rings. The Kier molecular flexibility index (Phi) is 3.65. The smallest absolute Gasteiger partial charge is 0.339 e. The summed E-state index contributed by atoms with van der Waals surface area (Å²) in [5, 5.41) is 11.9. The fourth-order valence-corrected chi connectivity index (χ4v) is 2.63. The number of hydrogen-bond donors (Lipinski definition) is 2. The van der Waals surface area contributed by atoms with Crippen molar-refractivity contribution in [3.8, 4) is 0 Å². The van der Waals surface area contributed by atoms with Gasteiger partial charge in [-0.2, -0.15) is 0 Å². The SMILES string of the molecule is CNC(=O)C1(C)CCN(c2cc(C)ncc2C(=O)O)C1. The van der Waals surface area contributed by atoms with Crippen molar-refractivity contribution in [2.24, 2.45) is 5.41 Å². The van der Waals surface area contributed by atoms with Gasteiger partial charge in [0.2, 0.25) is 5.91 Å². The molecule has 2 rings (SSSR count). The molecule has 0 saturated carbocycles. The number of aromatic nitrogens is 1. The second-order valence-corrected chi connectivity index (χ2v) is 5.46. The third-order valence-electron chi connectivity index (χ3n) is 3.84. The van der Waals surface area contributed by atoms with Gasteiger partial charge in [0, 0.05) is 32.0 Å². The van der Waals surface area contributed by atoms with Gasteiger partial charge >= 0.3 is 5.97 Å². The number of nitrogens with zero attached hydrogens (tertiary/aromatic N) is 2. The summed E-state index contributed by atoms with van der Waals surface area (Å²) in [6, 6.07) is 1.76. The van der Waals surface area contributed by atoms with Crippen molar-refractivity contribution in [1.82, 2.24) is 10.3 Å². The first kappa shape index (κ1) is 14.3. The summed E-state index contributed by atoms with van der Waals surface area (Å²) >= 11 is 0. The van der Waals surface area contributed by atoms with Crippen molar-refractivity contribution in [3.63, 3.8) is 0 Å². The Bertz CT molecular complexity index is 559. The lowest BCUT2D eigenvalue weighted by molar-refractivity contribution is -0.128. The predicted molar refractivity (Wildman–Crippen MR) is 74.9 cm³/mol. The van der Waals surface area contributed by atoms with E-state index in [1.807, 2.05) is 18.7 Å². The fraction of sp³-hybridized carbons (Fsp3) is 0.500. The molecule has 1 amide bonds. The number of amides is 1. The number of anilines is 1. The lowest BCUT2D eigenvalue weighted by Gasteiger charge is -2.25. The van der Waals surface area contributed by atoms with Crippen LogP contribution >= 0.6 is 0 Å². The minimum absolute atomic E-state index is 0.0114. The zero-order valence-corrected chi connectivity index (χ0v) is 11.9. The number of nitrogens with one attached hydrogen (secondary N) is 1. The van der Waals surface area contributed by atoms with Crippen LogP contribution in [0.1, 0.15) is 29.4 Å². The molecule has 1 aliphatic rings. The van der Waals surface area contributed by atoms with Crippen molar-refractivity contribution in [2.45, 2.75) is 20.3 Å². The molecule has 2 heterocycles. The maximum atomic E-state index is 11.9. The average molecular weight is 277 g/mol. The molecular weight excluding hydrogens is 258 g/mol. The molecule has 108 valence electrons. The highest BCUT2D eigenvalue weighted by atomic mass is 16.4. The number of carbonyl (C=O) groups excluding carboxylic acids is 1.